The number of carbonyl (C=O) groups is 1. The fraction of sp³-hybridized carbons (Fsp3) is 0.143. The molecule has 2 rings (SSSR count). The third kappa shape index (κ3) is 3.89. The molecule has 2 aromatic rings. The summed E-state index contributed by atoms with van der Waals surface area (Å²) in [5, 5.41) is 11.3. The summed E-state index contributed by atoms with van der Waals surface area (Å²) in [5.41, 5.74) is 0.551. The third-order valence-corrected chi connectivity index (χ3v) is 2.39. The highest BCUT2D eigenvalue weighted by Gasteiger charge is 2.04. The van der Waals surface area contributed by atoms with Crippen molar-refractivity contribution in [3.63, 3.8) is 0 Å². The number of ether oxygens (including phenoxy) is 1. The lowest BCUT2D eigenvalue weighted by Gasteiger charge is -2.06. The van der Waals surface area contributed by atoms with Crippen molar-refractivity contribution in [3.05, 3.63) is 54.0 Å². The van der Waals surface area contributed by atoms with E-state index in [4.69, 9.17) is 14.4 Å². The van der Waals surface area contributed by atoms with E-state index < -0.39 is 0 Å². The molecule has 0 aliphatic heterocycles. The van der Waals surface area contributed by atoms with Crippen LogP contribution >= 0.6 is 0 Å². The van der Waals surface area contributed by atoms with Crippen molar-refractivity contribution in [3.8, 4) is 11.8 Å². The Morgan fingerprint density at radius 3 is 2.74 bits per heavy atom. The second-order valence-electron chi connectivity index (χ2n) is 3.78. The highest BCUT2D eigenvalue weighted by atomic mass is 16.5. The molecule has 1 heterocycles. The average molecular weight is 256 g/mol. The number of furan rings is 1. The van der Waals surface area contributed by atoms with Gasteiger partial charge in [0.2, 0.25) is 0 Å². The van der Waals surface area contributed by atoms with Crippen molar-refractivity contribution < 1.29 is 13.9 Å². The van der Waals surface area contributed by atoms with Crippen molar-refractivity contribution in [2.75, 3.05) is 6.61 Å². The number of amides is 1. The van der Waals surface area contributed by atoms with Gasteiger partial charge in [-0.2, -0.15) is 5.26 Å². The van der Waals surface area contributed by atoms with Gasteiger partial charge in [0, 0.05) is 0 Å². The van der Waals surface area contributed by atoms with Crippen LogP contribution in [0.2, 0.25) is 0 Å². The van der Waals surface area contributed by atoms with Gasteiger partial charge in [0.15, 0.2) is 6.61 Å². The zero-order valence-corrected chi connectivity index (χ0v) is 10.1. The van der Waals surface area contributed by atoms with E-state index in [-0.39, 0.29) is 12.5 Å². The smallest absolute Gasteiger partial charge is 0.258 e. The Kier molecular flexibility index (Phi) is 4.19. The van der Waals surface area contributed by atoms with Gasteiger partial charge in [-0.25, -0.2) is 0 Å². The first kappa shape index (κ1) is 12.7. The van der Waals surface area contributed by atoms with Gasteiger partial charge in [-0.1, -0.05) is 0 Å². The van der Waals surface area contributed by atoms with Gasteiger partial charge < -0.3 is 14.5 Å². The number of nitrogens with one attached hydrogen (secondary N) is 1. The number of nitriles is 1. The number of nitrogens with zero attached hydrogens (tertiary/aromatic N) is 1. The molecule has 0 unspecified atom stereocenters. The van der Waals surface area contributed by atoms with E-state index in [1.165, 1.54) is 0 Å². The number of carbonyl (C=O) groups excluding carboxylic acids is 1. The van der Waals surface area contributed by atoms with Crippen LogP contribution in [0.3, 0.4) is 0 Å². The van der Waals surface area contributed by atoms with E-state index in [9.17, 15) is 4.79 Å². The molecule has 0 spiro atoms. The van der Waals surface area contributed by atoms with Gasteiger partial charge >= 0.3 is 0 Å². The monoisotopic (exact) mass is 256 g/mol. The maximum atomic E-state index is 11.5. The summed E-state index contributed by atoms with van der Waals surface area (Å²) in [7, 11) is 0. The van der Waals surface area contributed by atoms with Crippen molar-refractivity contribution in [2.45, 2.75) is 6.54 Å². The first-order valence-electron chi connectivity index (χ1n) is 5.70. The zero-order chi connectivity index (χ0) is 13.5. The Morgan fingerprint density at radius 2 is 2.11 bits per heavy atom. The molecule has 1 N–H and O–H groups in total. The predicted molar refractivity (Wildman–Crippen MR) is 67.2 cm³/mol. The van der Waals surface area contributed by atoms with E-state index in [1.807, 2.05) is 6.07 Å². The Hall–Kier alpha value is -2.74. The van der Waals surface area contributed by atoms with Crippen molar-refractivity contribution >= 4 is 5.91 Å². The van der Waals surface area contributed by atoms with E-state index in [0.717, 1.165) is 0 Å². The number of rotatable bonds is 5. The molecule has 0 aliphatic rings. The lowest BCUT2D eigenvalue weighted by molar-refractivity contribution is -0.123. The van der Waals surface area contributed by atoms with Crippen LogP contribution in [0.15, 0.2) is 47.1 Å². The number of hydrogen-bond acceptors (Lipinski definition) is 4. The third-order valence-electron chi connectivity index (χ3n) is 2.39. The Bertz CT molecular complexity index is 568. The fourth-order valence-corrected chi connectivity index (χ4v) is 1.42. The molecule has 5 heteroatoms. The first-order chi connectivity index (χ1) is 9.28. The zero-order valence-electron chi connectivity index (χ0n) is 10.1. The average Bonchev–Trinajstić information content (AvgIpc) is 2.96. The molecule has 5 nitrogen and oxygen atoms in total. The minimum Gasteiger partial charge on any atom is -0.484 e. The number of benzene rings is 1. The molecule has 96 valence electrons. The molecular formula is C14H12N2O3. The molecule has 0 saturated carbocycles. The van der Waals surface area contributed by atoms with Gasteiger partial charge in [-0.05, 0) is 36.4 Å². The molecule has 0 aliphatic carbocycles. The van der Waals surface area contributed by atoms with Crippen molar-refractivity contribution in [2.24, 2.45) is 0 Å². The highest BCUT2D eigenvalue weighted by molar-refractivity contribution is 5.77. The molecule has 0 saturated heterocycles. The fourth-order valence-electron chi connectivity index (χ4n) is 1.42. The second-order valence-corrected chi connectivity index (χ2v) is 3.78. The lowest BCUT2D eigenvalue weighted by atomic mass is 10.2. The van der Waals surface area contributed by atoms with Crippen LogP contribution in [-0.4, -0.2) is 12.5 Å². The maximum Gasteiger partial charge on any atom is 0.258 e. The number of hydrogen-bond donors (Lipinski definition) is 1. The molecule has 1 aromatic carbocycles. The van der Waals surface area contributed by atoms with Gasteiger partial charge in [-0.3, -0.25) is 4.79 Å². The molecule has 0 atom stereocenters. The van der Waals surface area contributed by atoms with Gasteiger partial charge in [0.1, 0.15) is 11.5 Å². The van der Waals surface area contributed by atoms with E-state index in [2.05, 4.69) is 5.32 Å². The minimum absolute atomic E-state index is 0.0768. The van der Waals surface area contributed by atoms with Crippen LogP contribution in [0.1, 0.15) is 11.3 Å². The summed E-state index contributed by atoms with van der Waals surface area (Å²) in [4.78, 5) is 11.5. The van der Waals surface area contributed by atoms with Crippen LogP contribution < -0.4 is 10.1 Å². The van der Waals surface area contributed by atoms with Crippen molar-refractivity contribution in [1.29, 1.82) is 5.26 Å². The summed E-state index contributed by atoms with van der Waals surface area (Å²) in [6.45, 7) is 0.259. The molecule has 1 aromatic heterocycles. The van der Waals surface area contributed by atoms with Crippen LogP contribution in [0.5, 0.6) is 5.75 Å². The summed E-state index contributed by atoms with van der Waals surface area (Å²) in [6.07, 6.45) is 1.55. The Morgan fingerprint density at radius 1 is 1.32 bits per heavy atom. The molecule has 0 radical (unpaired) electrons. The molecule has 0 fully saturated rings. The van der Waals surface area contributed by atoms with Crippen LogP contribution in [-0.2, 0) is 11.3 Å². The summed E-state index contributed by atoms with van der Waals surface area (Å²) < 4.78 is 10.4. The summed E-state index contributed by atoms with van der Waals surface area (Å²) >= 11 is 0. The van der Waals surface area contributed by atoms with Gasteiger partial charge in [0.25, 0.3) is 5.91 Å². The minimum atomic E-state index is -0.235. The van der Waals surface area contributed by atoms with Gasteiger partial charge in [0.05, 0.1) is 24.4 Å². The summed E-state index contributed by atoms with van der Waals surface area (Å²) in [5.74, 6) is 1.000. The first-order valence-corrected chi connectivity index (χ1v) is 5.70. The Balaban J connectivity index is 1.75. The predicted octanol–water partition coefficient (Wildman–Crippen LogP) is 1.85. The van der Waals surface area contributed by atoms with Crippen LogP contribution in [0.25, 0.3) is 0 Å². The lowest BCUT2D eigenvalue weighted by Crippen LogP contribution is -2.28. The van der Waals surface area contributed by atoms with Crippen LogP contribution in [0.4, 0.5) is 0 Å². The van der Waals surface area contributed by atoms with E-state index >= 15 is 0 Å². The van der Waals surface area contributed by atoms with E-state index in [1.54, 1.807) is 42.7 Å². The van der Waals surface area contributed by atoms with Crippen molar-refractivity contribution in [1.82, 2.24) is 5.32 Å². The second kappa shape index (κ2) is 6.26. The maximum absolute atomic E-state index is 11.5. The normalized spacial score (nSPS) is 9.63. The molecule has 1 amide bonds. The SMILES string of the molecule is N#Cc1ccc(OCC(=O)NCc2ccco2)cc1. The van der Waals surface area contributed by atoms with Gasteiger partial charge in [-0.15, -0.1) is 0 Å². The summed E-state index contributed by atoms with van der Waals surface area (Å²) in [6, 6.07) is 12.1. The molecular weight excluding hydrogens is 244 g/mol. The highest BCUT2D eigenvalue weighted by Crippen LogP contribution is 2.11. The Labute approximate surface area is 110 Å². The largest absolute Gasteiger partial charge is 0.484 e. The standard InChI is InChI=1S/C14H12N2O3/c15-8-11-3-5-12(6-4-11)19-10-14(17)16-9-13-2-1-7-18-13/h1-7H,9-10H2,(H,16,17). The molecule has 0 bridgehead atoms. The topological polar surface area (TPSA) is 75.3 Å². The van der Waals surface area contributed by atoms with E-state index in [0.29, 0.717) is 23.6 Å². The molecule has 19 heavy (non-hydrogen) atoms. The van der Waals surface area contributed by atoms with Crippen LogP contribution in [0, 0.1) is 11.3 Å². The quantitative estimate of drug-likeness (QED) is 0.885.